The first-order valence-electron chi connectivity index (χ1n) is 14.4. The largest absolute Gasteiger partial charge is 0.494 e. The van der Waals surface area contributed by atoms with Gasteiger partial charge in [0.2, 0.25) is 11.8 Å². The zero-order valence-corrected chi connectivity index (χ0v) is 26.3. The van der Waals surface area contributed by atoms with Crippen LogP contribution in [0.1, 0.15) is 25.0 Å². The van der Waals surface area contributed by atoms with E-state index in [2.05, 4.69) is 5.32 Å². The summed E-state index contributed by atoms with van der Waals surface area (Å²) in [4.78, 5) is 29.4. The van der Waals surface area contributed by atoms with Gasteiger partial charge in [-0.2, -0.15) is 0 Å². The van der Waals surface area contributed by atoms with Crippen molar-refractivity contribution >= 4 is 39.1 Å². The molecule has 0 unspecified atom stereocenters. The molecule has 0 radical (unpaired) electrons. The Morgan fingerprint density at radius 2 is 1.45 bits per heavy atom. The van der Waals surface area contributed by atoms with Gasteiger partial charge in [0.05, 0.1) is 17.2 Å². The summed E-state index contributed by atoms with van der Waals surface area (Å²) in [5.74, 6) is -0.347. The monoisotopic (exact) mass is 633 g/mol. The summed E-state index contributed by atoms with van der Waals surface area (Å²) in [5.41, 5.74) is 1.75. The molecule has 4 aromatic carbocycles. The highest BCUT2D eigenvalue weighted by atomic mass is 35.5. The van der Waals surface area contributed by atoms with Gasteiger partial charge >= 0.3 is 0 Å². The highest BCUT2D eigenvalue weighted by Crippen LogP contribution is 2.27. The van der Waals surface area contributed by atoms with Crippen molar-refractivity contribution in [1.82, 2.24) is 10.2 Å². The number of nitrogens with one attached hydrogen (secondary N) is 1. The fraction of sp³-hybridized carbons (Fsp3) is 0.235. The lowest BCUT2D eigenvalue weighted by Gasteiger charge is -2.34. The molecular formula is C34H36ClN3O5S. The SMILES string of the molecule is CCNC(=O)[C@@H](Cc1ccccc1)N(Cc1ccccc1Cl)C(=O)CN(c1ccc(OCC)cc1)S(=O)(=O)c1ccccc1. The molecule has 4 aromatic rings. The number of halogens is 1. The third-order valence-electron chi connectivity index (χ3n) is 6.97. The minimum absolute atomic E-state index is 0.00432. The molecule has 0 aliphatic rings. The highest BCUT2D eigenvalue weighted by molar-refractivity contribution is 7.92. The van der Waals surface area contributed by atoms with E-state index < -0.39 is 28.5 Å². The van der Waals surface area contributed by atoms with Gasteiger partial charge in [-0.15, -0.1) is 0 Å². The van der Waals surface area contributed by atoms with E-state index in [-0.39, 0.29) is 29.5 Å². The third kappa shape index (κ3) is 8.18. The van der Waals surface area contributed by atoms with Crippen LogP contribution in [0.25, 0.3) is 0 Å². The van der Waals surface area contributed by atoms with Crippen LogP contribution in [0.2, 0.25) is 5.02 Å². The molecule has 1 atom stereocenters. The summed E-state index contributed by atoms with van der Waals surface area (Å²) in [7, 11) is -4.19. The van der Waals surface area contributed by atoms with Gasteiger partial charge in [-0.25, -0.2) is 8.42 Å². The van der Waals surface area contributed by atoms with E-state index in [1.807, 2.05) is 37.3 Å². The molecule has 1 N–H and O–H groups in total. The molecule has 8 nitrogen and oxygen atoms in total. The molecule has 0 heterocycles. The fourth-order valence-corrected chi connectivity index (χ4v) is 6.41. The van der Waals surface area contributed by atoms with Gasteiger partial charge in [0.1, 0.15) is 18.3 Å². The van der Waals surface area contributed by atoms with Crippen LogP contribution in [0, 0.1) is 0 Å². The van der Waals surface area contributed by atoms with Gasteiger partial charge in [-0.05, 0) is 67.4 Å². The second kappa shape index (κ2) is 15.4. The Kier molecular flexibility index (Phi) is 11.4. The second-order valence-corrected chi connectivity index (χ2v) is 12.2. The first-order chi connectivity index (χ1) is 21.2. The first-order valence-corrected chi connectivity index (χ1v) is 16.2. The standard InChI is InChI=1S/C34H36ClN3O5S/c1-3-36-34(40)32(23-26-13-7-5-8-14-26)37(24-27-15-11-12-18-31(27)35)33(39)25-38(28-19-21-29(22-20-28)43-4-2)44(41,42)30-16-9-6-10-17-30/h5-22,32H,3-4,23-25H2,1-2H3,(H,36,40)/t32-/m1/s1. The average molecular weight is 634 g/mol. The van der Waals surface area contributed by atoms with Crippen molar-refractivity contribution in [3.05, 3.63) is 125 Å². The van der Waals surface area contributed by atoms with E-state index in [0.29, 0.717) is 29.5 Å². The number of ether oxygens (including phenoxy) is 1. The van der Waals surface area contributed by atoms with E-state index in [1.54, 1.807) is 73.7 Å². The number of carbonyl (C=O) groups is 2. The Balaban J connectivity index is 1.79. The van der Waals surface area contributed by atoms with Gasteiger partial charge in [0, 0.05) is 24.5 Å². The molecule has 2 amide bonds. The maximum atomic E-state index is 14.4. The molecule has 0 saturated heterocycles. The molecule has 44 heavy (non-hydrogen) atoms. The van der Waals surface area contributed by atoms with Crippen molar-refractivity contribution < 1.29 is 22.7 Å². The lowest BCUT2D eigenvalue weighted by molar-refractivity contribution is -0.140. The van der Waals surface area contributed by atoms with E-state index in [0.717, 1.165) is 9.87 Å². The number of carbonyl (C=O) groups excluding carboxylic acids is 2. The van der Waals surface area contributed by atoms with Crippen molar-refractivity contribution in [2.75, 3.05) is 24.0 Å². The number of sulfonamides is 1. The van der Waals surface area contributed by atoms with Crippen LogP contribution in [0.4, 0.5) is 5.69 Å². The van der Waals surface area contributed by atoms with Gasteiger partial charge in [-0.1, -0.05) is 78.3 Å². The van der Waals surface area contributed by atoms with Crippen LogP contribution in [0.3, 0.4) is 0 Å². The van der Waals surface area contributed by atoms with Crippen LogP contribution >= 0.6 is 11.6 Å². The Labute approximate surface area is 264 Å². The quantitative estimate of drug-likeness (QED) is 0.192. The molecule has 0 saturated carbocycles. The number of anilines is 1. The number of benzene rings is 4. The summed E-state index contributed by atoms with van der Waals surface area (Å²) < 4.78 is 34.7. The van der Waals surface area contributed by atoms with Crippen LogP contribution < -0.4 is 14.4 Å². The average Bonchev–Trinajstić information content (AvgIpc) is 3.04. The molecular weight excluding hydrogens is 598 g/mol. The molecule has 10 heteroatoms. The minimum atomic E-state index is -4.19. The van der Waals surface area contributed by atoms with Crippen molar-refractivity contribution in [3.63, 3.8) is 0 Å². The van der Waals surface area contributed by atoms with Gasteiger partial charge in [0.15, 0.2) is 0 Å². The Morgan fingerprint density at radius 1 is 0.841 bits per heavy atom. The lowest BCUT2D eigenvalue weighted by atomic mass is 10.0. The predicted octanol–water partition coefficient (Wildman–Crippen LogP) is 5.71. The van der Waals surface area contributed by atoms with E-state index in [1.165, 1.54) is 17.0 Å². The van der Waals surface area contributed by atoms with Crippen LogP contribution in [-0.2, 0) is 32.6 Å². The maximum absolute atomic E-state index is 14.4. The summed E-state index contributed by atoms with van der Waals surface area (Å²) in [6, 6.07) is 30.0. The number of likely N-dealkylation sites (N-methyl/N-ethyl adjacent to an activating group) is 1. The Hall–Kier alpha value is -4.34. The maximum Gasteiger partial charge on any atom is 0.264 e. The first kappa shape index (κ1) is 32.6. The van der Waals surface area contributed by atoms with Crippen LogP contribution in [0.15, 0.2) is 114 Å². The van der Waals surface area contributed by atoms with Gasteiger partial charge in [-0.3, -0.25) is 13.9 Å². The molecule has 230 valence electrons. The number of hydrogen-bond donors (Lipinski definition) is 1. The van der Waals surface area contributed by atoms with Crippen LogP contribution in [0.5, 0.6) is 5.75 Å². The molecule has 0 aromatic heterocycles. The van der Waals surface area contributed by atoms with E-state index in [9.17, 15) is 18.0 Å². The van der Waals surface area contributed by atoms with Crippen molar-refractivity contribution in [3.8, 4) is 5.75 Å². The molecule has 0 aliphatic heterocycles. The molecule has 0 bridgehead atoms. The predicted molar refractivity (Wildman–Crippen MR) is 173 cm³/mol. The summed E-state index contributed by atoms with van der Waals surface area (Å²) in [6.07, 6.45) is 0.220. The Morgan fingerprint density at radius 3 is 2.07 bits per heavy atom. The topological polar surface area (TPSA) is 96.0 Å². The Bertz CT molecular complexity index is 1630. The number of hydrogen-bond acceptors (Lipinski definition) is 5. The van der Waals surface area contributed by atoms with E-state index >= 15 is 0 Å². The minimum Gasteiger partial charge on any atom is -0.494 e. The molecule has 0 spiro atoms. The van der Waals surface area contributed by atoms with Crippen LogP contribution in [-0.4, -0.2) is 50.9 Å². The van der Waals surface area contributed by atoms with Gasteiger partial charge < -0.3 is 15.0 Å². The summed E-state index contributed by atoms with van der Waals surface area (Å²) in [5, 5.41) is 3.28. The summed E-state index contributed by atoms with van der Waals surface area (Å²) in [6.45, 7) is 3.91. The number of nitrogens with zero attached hydrogens (tertiary/aromatic N) is 2. The highest BCUT2D eigenvalue weighted by Gasteiger charge is 2.34. The normalized spacial score (nSPS) is 11.8. The zero-order chi connectivity index (χ0) is 31.5. The molecule has 4 rings (SSSR count). The smallest absolute Gasteiger partial charge is 0.264 e. The van der Waals surface area contributed by atoms with Crippen molar-refractivity contribution in [2.45, 2.75) is 37.8 Å². The number of amides is 2. The molecule has 0 aliphatic carbocycles. The van der Waals surface area contributed by atoms with Crippen molar-refractivity contribution in [2.24, 2.45) is 0 Å². The van der Waals surface area contributed by atoms with E-state index in [4.69, 9.17) is 16.3 Å². The fourth-order valence-electron chi connectivity index (χ4n) is 4.78. The summed E-state index contributed by atoms with van der Waals surface area (Å²) >= 11 is 6.52. The second-order valence-electron chi connectivity index (χ2n) is 9.96. The lowest BCUT2D eigenvalue weighted by Crippen LogP contribution is -2.53. The molecule has 0 fully saturated rings. The number of rotatable bonds is 14. The van der Waals surface area contributed by atoms with Gasteiger partial charge in [0.25, 0.3) is 10.0 Å². The zero-order valence-electron chi connectivity index (χ0n) is 24.7. The third-order valence-corrected chi connectivity index (χ3v) is 9.12. The van der Waals surface area contributed by atoms with Crippen molar-refractivity contribution in [1.29, 1.82) is 0 Å².